The van der Waals surface area contributed by atoms with Crippen LogP contribution < -0.4 is 5.32 Å². The number of pyridine rings is 1. The van der Waals surface area contributed by atoms with E-state index in [1.54, 1.807) is 35.2 Å². The highest BCUT2D eigenvalue weighted by Crippen LogP contribution is 2.31. The van der Waals surface area contributed by atoms with Crippen LogP contribution in [0.5, 0.6) is 0 Å². The highest BCUT2D eigenvalue weighted by Gasteiger charge is 2.39. The Hall–Kier alpha value is -2.70. The summed E-state index contributed by atoms with van der Waals surface area (Å²) in [5, 5.41) is 7.11. The topological polar surface area (TPSA) is 80.1 Å². The molecule has 0 bridgehead atoms. The van der Waals surface area contributed by atoms with E-state index in [2.05, 4.69) is 15.4 Å². The molecular weight excluding hydrogens is 306 g/mol. The first-order chi connectivity index (χ1) is 11.6. The Bertz CT molecular complexity index is 728. The number of aryl methyl sites for hydroxylation is 2. The van der Waals surface area contributed by atoms with Crippen LogP contribution in [0.4, 0.5) is 0 Å². The molecule has 0 unspecified atom stereocenters. The molecule has 1 N–H and O–H groups in total. The van der Waals surface area contributed by atoms with Crippen molar-refractivity contribution in [3.8, 4) is 0 Å². The molecule has 3 rings (SSSR count). The van der Waals surface area contributed by atoms with E-state index >= 15 is 0 Å². The number of nitrogens with one attached hydrogen (secondary N) is 1. The first-order valence-corrected chi connectivity index (χ1v) is 7.98. The molecule has 1 aliphatic rings. The van der Waals surface area contributed by atoms with Crippen molar-refractivity contribution in [1.82, 2.24) is 25.0 Å². The SMILES string of the molecule is CN1C(=O)C[C@@H](NC(=O)CCc2ccnn2C)[C@@H]1c1cccnc1. The van der Waals surface area contributed by atoms with Crippen LogP contribution in [-0.4, -0.2) is 44.6 Å². The van der Waals surface area contributed by atoms with Crippen molar-refractivity contribution >= 4 is 11.8 Å². The number of likely N-dealkylation sites (N-methyl/N-ethyl adjacent to an activating group) is 1. The molecule has 2 aromatic rings. The molecule has 1 aliphatic heterocycles. The van der Waals surface area contributed by atoms with Gasteiger partial charge in [0.1, 0.15) is 0 Å². The molecule has 7 heteroatoms. The molecule has 24 heavy (non-hydrogen) atoms. The molecular formula is C17H21N5O2. The van der Waals surface area contributed by atoms with Gasteiger partial charge >= 0.3 is 0 Å². The zero-order chi connectivity index (χ0) is 17.1. The second-order valence-electron chi connectivity index (χ2n) is 6.06. The summed E-state index contributed by atoms with van der Waals surface area (Å²) in [5.74, 6) is -0.0287. The van der Waals surface area contributed by atoms with E-state index in [9.17, 15) is 9.59 Å². The molecule has 2 amide bonds. The standard InChI is InChI=1S/C17H21N5O2/c1-21-16(24)10-14(17(21)12-4-3-8-18-11-12)20-15(23)6-5-13-7-9-19-22(13)2/h3-4,7-9,11,14,17H,5-6,10H2,1-2H3,(H,20,23)/t14-,17+/m1/s1. The summed E-state index contributed by atoms with van der Waals surface area (Å²) in [4.78, 5) is 30.2. The van der Waals surface area contributed by atoms with Crippen LogP contribution in [0.3, 0.4) is 0 Å². The predicted octanol–water partition coefficient (Wildman–Crippen LogP) is 0.836. The molecule has 1 fully saturated rings. The van der Waals surface area contributed by atoms with E-state index < -0.39 is 0 Å². The monoisotopic (exact) mass is 327 g/mol. The van der Waals surface area contributed by atoms with Crippen LogP contribution in [0.15, 0.2) is 36.8 Å². The van der Waals surface area contributed by atoms with E-state index in [0.717, 1.165) is 11.3 Å². The normalized spacial score (nSPS) is 20.4. The second kappa shape index (κ2) is 6.82. The summed E-state index contributed by atoms with van der Waals surface area (Å²) in [6.45, 7) is 0. The van der Waals surface area contributed by atoms with Crippen molar-refractivity contribution in [2.45, 2.75) is 31.3 Å². The van der Waals surface area contributed by atoms with Crippen molar-refractivity contribution in [3.63, 3.8) is 0 Å². The summed E-state index contributed by atoms with van der Waals surface area (Å²) in [5.41, 5.74) is 1.94. The van der Waals surface area contributed by atoms with Crippen LogP contribution in [0.2, 0.25) is 0 Å². The van der Waals surface area contributed by atoms with Crippen molar-refractivity contribution in [2.75, 3.05) is 7.05 Å². The number of amides is 2. The molecule has 0 spiro atoms. The maximum Gasteiger partial charge on any atom is 0.225 e. The summed E-state index contributed by atoms with van der Waals surface area (Å²) in [6.07, 6.45) is 6.46. The zero-order valence-corrected chi connectivity index (χ0v) is 13.8. The van der Waals surface area contributed by atoms with Gasteiger partial charge in [-0.2, -0.15) is 5.10 Å². The summed E-state index contributed by atoms with van der Waals surface area (Å²) < 4.78 is 1.76. The van der Waals surface area contributed by atoms with Gasteiger partial charge in [-0.15, -0.1) is 0 Å². The maximum absolute atomic E-state index is 12.3. The van der Waals surface area contributed by atoms with Crippen LogP contribution in [0, 0.1) is 0 Å². The first kappa shape index (κ1) is 16.2. The quantitative estimate of drug-likeness (QED) is 0.882. The smallest absolute Gasteiger partial charge is 0.225 e. The van der Waals surface area contributed by atoms with Crippen LogP contribution in [0.1, 0.15) is 30.1 Å². The molecule has 0 radical (unpaired) electrons. The van der Waals surface area contributed by atoms with Gasteiger partial charge < -0.3 is 10.2 Å². The Balaban J connectivity index is 1.65. The molecule has 7 nitrogen and oxygen atoms in total. The fourth-order valence-electron chi connectivity index (χ4n) is 3.17. The number of likely N-dealkylation sites (tertiary alicyclic amines) is 1. The van der Waals surface area contributed by atoms with Gasteiger partial charge in [0.15, 0.2) is 0 Å². The molecule has 1 saturated heterocycles. The van der Waals surface area contributed by atoms with E-state index in [0.29, 0.717) is 19.3 Å². The number of nitrogens with zero attached hydrogens (tertiary/aromatic N) is 4. The second-order valence-corrected chi connectivity index (χ2v) is 6.06. The molecule has 3 heterocycles. The highest BCUT2D eigenvalue weighted by molar-refractivity contribution is 5.83. The molecule has 0 saturated carbocycles. The minimum atomic E-state index is -0.231. The van der Waals surface area contributed by atoms with Gasteiger partial charge in [-0.05, 0) is 24.1 Å². The zero-order valence-electron chi connectivity index (χ0n) is 13.8. The lowest BCUT2D eigenvalue weighted by Gasteiger charge is -2.25. The maximum atomic E-state index is 12.3. The Morgan fingerprint density at radius 1 is 1.33 bits per heavy atom. The van der Waals surface area contributed by atoms with Gasteiger partial charge in [-0.25, -0.2) is 0 Å². The summed E-state index contributed by atoms with van der Waals surface area (Å²) in [6, 6.07) is 5.27. The lowest BCUT2D eigenvalue weighted by atomic mass is 10.0. The first-order valence-electron chi connectivity index (χ1n) is 7.98. The van der Waals surface area contributed by atoms with Crippen molar-refractivity contribution in [2.24, 2.45) is 7.05 Å². The molecule has 2 atom stereocenters. The summed E-state index contributed by atoms with van der Waals surface area (Å²) >= 11 is 0. The van der Waals surface area contributed by atoms with Crippen molar-refractivity contribution < 1.29 is 9.59 Å². The van der Waals surface area contributed by atoms with Gasteiger partial charge in [0, 0.05) is 51.2 Å². The fourth-order valence-corrected chi connectivity index (χ4v) is 3.17. The van der Waals surface area contributed by atoms with Crippen molar-refractivity contribution in [3.05, 3.63) is 48.0 Å². The molecule has 126 valence electrons. The van der Waals surface area contributed by atoms with Crippen molar-refractivity contribution in [1.29, 1.82) is 0 Å². The number of rotatable bonds is 5. The lowest BCUT2D eigenvalue weighted by Crippen LogP contribution is -2.39. The van der Waals surface area contributed by atoms with Gasteiger partial charge in [-0.1, -0.05) is 6.07 Å². The fraction of sp³-hybridized carbons (Fsp3) is 0.412. The Labute approximate surface area is 140 Å². The van der Waals surface area contributed by atoms with Gasteiger partial charge in [0.2, 0.25) is 11.8 Å². The number of hydrogen-bond acceptors (Lipinski definition) is 4. The van der Waals surface area contributed by atoms with E-state index in [4.69, 9.17) is 0 Å². The number of carbonyl (C=O) groups is 2. The molecule has 0 aliphatic carbocycles. The van der Waals surface area contributed by atoms with Crippen LogP contribution in [0.25, 0.3) is 0 Å². The van der Waals surface area contributed by atoms with E-state index in [-0.39, 0.29) is 23.9 Å². The number of aromatic nitrogens is 3. The minimum absolute atomic E-state index is 0.0285. The number of hydrogen-bond donors (Lipinski definition) is 1. The largest absolute Gasteiger partial charge is 0.350 e. The average Bonchev–Trinajstić information content (AvgIpc) is 3.10. The van der Waals surface area contributed by atoms with Gasteiger partial charge in [-0.3, -0.25) is 19.3 Å². The Morgan fingerprint density at radius 2 is 2.17 bits per heavy atom. The minimum Gasteiger partial charge on any atom is -0.350 e. The molecule has 0 aromatic carbocycles. The van der Waals surface area contributed by atoms with Crippen LogP contribution >= 0.6 is 0 Å². The average molecular weight is 327 g/mol. The van der Waals surface area contributed by atoms with Gasteiger partial charge in [0.25, 0.3) is 0 Å². The predicted molar refractivity (Wildman–Crippen MR) is 87.8 cm³/mol. The number of carbonyl (C=O) groups excluding carboxylic acids is 2. The summed E-state index contributed by atoms with van der Waals surface area (Å²) in [7, 11) is 3.62. The van der Waals surface area contributed by atoms with Crippen LogP contribution in [-0.2, 0) is 23.1 Å². The molecule has 2 aromatic heterocycles. The van der Waals surface area contributed by atoms with Gasteiger partial charge in [0.05, 0.1) is 12.1 Å². The Kier molecular flexibility index (Phi) is 4.59. The highest BCUT2D eigenvalue weighted by atomic mass is 16.2. The third-order valence-electron chi connectivity index (χ3n) is 4.49. The van der Waals surface area contributed by atoms with E-state index in [1.807, 2.05) is 25.2 Å². The lowest BCUT2D eigenvalue weighted by molar-refractivity contribution is -0.127. The third kappa shape index (κ3) is 3.29. The third-order valence-corrected chi connectivity index (χ3v) is 4.49. The van der Waals surface area contributed by atoms with E-state index in [1.165, 1.54) is 0 Å². The Morgan fingerprint density at radius 3 is 2.83 bits per heavy atom.